The number of nitrogen functional groups attached to an aromatic ring is 1. The number of aromatic nitrogens is 1. The maximum Gasteiger partial charge on any atom is 0.249 e. The first-order valence-electron chi connectivity index (χ1n) is 13.6. The number of nitrogens with zero attached hydrogens (tertiary/aromatic N) is 2. The molecule has 1 saturated carbocycles. The first-order chi connectivity index (χ1) is 19.7. The first-order valence-corrected chi connectivity index (χ1v) is 15.1. The van der Waals surface area contributed by atoms with Gasteiger partial charge in [-0.15, -0.1) is 0 Å². The first kappa shape index (κ1) is 26.8. The Morgan fingerprint density at radius 2 is 1.83 bits per heavy atom. The van der Waals surface area contributed by atoms with Crippen molar-refractivity contribution in [1.82, 2.24) is 9.88 Å². The van der Waals surface area contributed by atoms with Gasteiger partial charge in [0.2, 0.25) is 11.8 Å². The standard InChI is InChI=1S/C31H31N5O4S/c1-36-18-22-17-23(7-11-27(22)41(39,40)25-8-9-25)34-28(37)12-5-19-3-2-4-21(15-19)29(31(36)38)35-24-6-10-26-20(16-24)13-14-33-30(26)32/h2-4,6-7,10-11,13-17,25,29,35H,5,8-9,12,18H2,1H3,(H2,32,33)(H,34,37)/t29-/m1/s1. The molecule has 1 aliphatic heterocycles. The third-order valence-electron chi connectivity index (χ3n) is 7.68. The van der Waals surface area contributed by atoms with E-state index in [-0.39, 0.29) is 29.7 Å². The fourth-order valence-corrected chi connectivity index (χ4v) is 7.19. The van der Waals surface area contributed by atoms with Crippen molar-refractivity contribution in [2.45, 2.75) is 48.4 Å². The molecule has 2 amide bonds. The summed E-state index contributed by atoms with van der Waals surface area (Å²) in [7, 11) is -1.87. The lowest BCUT2D eigenvalue weighted by molar-refractivity contribution is -0.131. The van der Waals surface area contributed by atoms with Gasteiger partial charge in [-0.2, -0.15) is 0 Å². The van der Waals surface area contributed by atoms with Crippen LogP contribution in [0.5, 0.6) is 0 Å². The molecule has 3 aromatic carbocycles. The molecule has 9 nitrogen and oxygen atoms in total. The highest BCUT2D eigenvalue weighted by molar-refractivity contribution is 7.92. The van der Waals surface area contributed by atoms with Crippen molar-refractivity contribution in [3.63, 3.8) is 0 Å². The Hall–Kier alpha value is -4.44. The number of fused-ring (bicyclic) bond motifs is 5. The number of sulfone groups is 1. The number of aryl methyl sites for hydroxylation is 1. The quantitative estimate of drug-likeness (QED) is 0.331. The summed E-state index contributed by atoms with van der Waals surface area (Å²) in [6.07, 6.45) is 3.63. The molecule has 10 heteroatoms. The number of carbonyl (C=O) groups excluding carboxylic acids is 2. The number of anilines is 3. The Labute approximate surface area is 238 Å². The van der Waals surface area contributed by atoms with Gasteiger partial charge in [0.25, 0.3) is 0 Å². The lowest BCUT2D eigenvalue weighted by Crippen LogP contribution is -2.35. The Bertz CT molecular complexity index is 1780. The molecule has 0 spiro atoms. The molecule has 4 aromatic rings. The van der Waals surface area contributed by atoms with Gasteiger partial charge in [-0.3, -0.25) is 9.59 Å². The molecule has 2 aliphatic rings. The van der Waals surface area contributed by atoms with Crippen LogP contribution >= 0.6 is 0 Å². The van der Waals surface area contributed by atoms with Crippen LogP contribution in [-0.2, 0) is 32.4 Å². The molecule has 4 N–H and O–H groups in total. The third kappa shape index (κ3) is 5.47. The van der Waals surface area contributed by atoms with Crippen molar-refractivity contribution < 1.29 is 18.0 Å². The summed E-state index contributed by atoms with van der Waals surface area (Å²) in [6.45, 7) is 0.0572. The number of hydrogen-bond donors (Lipinski definition) is 3. The van der Waals surface area contributed by atoms with Gasteiger partial charge in [0.05, 0.1) is 10.1 Å². The largest absolute Gasteiger partial charge is 0.383 e. The van der Waals surface area contributed by atoms with Crippen molar-refractivity contribution in [1.29, 1.82) is 0 Å². The summed E-state index contributed by atoms with van der Waals surface area (Å²) in [5.74, 6) is 0.0387. The normalized spacial score (nSPS) is 18.1. The predicted molar refractivity (Wildman–Crippen MR) is 159 cm³/mol. The van der Waals surface area contributed by atoms with E-state index >= 15 is 0 Å². The molecule has 1 atom stereocenters. The van der Waals surface area contributed by atoms with E-state index in [0.29, 0.717) is 36.3 Å². The lowest BCUT2D eigenvalue weighted by Gasteiger charge is -2.27. The lowest BCUT2D eigenvalue weighted by atomic mass is 9.99. The van der Waals surface area contributed by atoms with E-state index in [1.165, 1.54) is 4.90 Å². The number of rotatable bonds is 4. The minimum Gasteiger partial charge on any atom is -0.383 e. The van der Waals surface area contributed by atoms with E-state index in [1.807, 2.05) is 48.5 Å². The Morgan fingerprint density at radius 1 is 1.00 bits per heavy atom. The van der Waals surface area contributed by atoms with E-state index in [0.717, 1.165) is 27.6 Å². The molecule has 1 aliphatic carbocycles. The summed E-state index contributed by atoms with van der Waals surface area (Å²) >= 11 is 0. The van der Waals surface area contributed by atoms with Gasteiger partial charge in [0, 0.05) is 43.0 Å². The van der Waals surface area contributed by atoms with Gasteiger partial charge in [0.1, 0.15) is 11.9 Å². The summed E-state index contributed by atoms with van der Waals surface area (Å²) in [5.41, 5.74) is 9.41. The molecule has 0 saturated heterocycles. The molecule has 210 valence electrons. The highest BCUT2D eigenvalue weighted by Crippen LogP contribution is 2.36. The number of nitrogens with two attached hydrogens (primary N) is 1. The summed E-state index contributed by atoms with van der Waals surface area (Å²) in [4.78, 5) is 32.8. The van der Waals surface area contributed by atoms with Gasteiger partial charge in [-0.05, 0) is 83.8 Å². The van der Waals surface area contributed by atoms with Crippen LogP contribution < -0.4 is 16.4 Å². The minimum atomic E-state index is -3.54. The van der Waals surface area contributed by atoms with E-state index in [9.17, 15) is 18.0 Å². The number of benzene rings is 3. The molecule has 6 rings (SSSR count). The number of hydrogen-bond acceptors (Lipinski definition) is 7. The van der Waals surface area contributed by atoms with E-state index in [2.05, 4.69) is 15.6 Å². The fourth-order valence-electron chi connectivity index (χ4n) is 5.32. The van der Waals surface area contributed by atoms with Crippen molar-refractivity contribution >= 4 is 49.6 Å². The topological polar surface area (TPSA) is 134 Å². The second-order valence-corrected chi connectivity index (χ2v) is 13.0. The second-order valence-electron chi connectivity index (χ2n) is 10.8. The van der Waals surface area contributed by atoms with Gasteiger partial charge in [-0.25, -0.2) is 13.4 Å². The van der Waals surface area contributed by atoms with Crippen LogP contribution in [-0.4, -0.2) is 42.4 Å². The molecular weight excluding hydrogens is 538 g/mol. The van der Waals surface area contributed by atoms with Crippen LogP contribution in [0.15, 0.2) is 77.8 Å². The van der Waals surface area contributed by atoms with Crippen LogP contribution in [0.1, 0.15) is 42.0 Å². The average molecular weight is 570 g/mol. The van der Waals surface area contributed by atoms with Crippen LogP contribution in [0.3, 0.4) is 0 Å². The molecule has 2 heterocycles. The molecule has 4 bridgehead atoms. The predicted octanol–water partition coefficient (Wildman–Crippen LogP) is 4.45. The number of nitrogens with one attached hydrogen (secondary N) is 2. The van der Waals surface area contributed by atoms with Gasteiger partial charge < -0.3 is 21.3 Å². The zero-order valence-corrected chi connectivity index (χ0v) is 23.4. The van der Waals surface area contributed by atoms with E-state index in [4.69, 9.17) is 5.73 Å². The molecule has 0 radical (unpaired) electrons. The van der Waals surface area contributed by atoms with Crippen LogP contribution in [0.25, 0.3) is 10.8 Å². The monoisotopic (exact) mass is 569 g/mol. The summed E-state index contributed by atoms with van der Waals surface area (Å²) in [5, 5.41) is 7.59. The van der Waals surface area contributed by atoms with Gasteiger partial charge in [0.15, 0.2) is 9.84 Å². The summed E-state index contributed by atoms with van der Waals surface area (Å²) < 4.78 is 26.6. The maximum absolute atomic E-state index is 14.1. The second kappa shape index (κ2) is 10.5. The zero-order valence-electron chi connectivity index (χ0n) is 22.6. The van der Waals surface area contributed by atoms with Crippen molar-refractivity contribution in [3.05, 3.63) is 89.6 Å². The Morgan fingerprint density at radius 3 is 2.63 bits per heavy atom. The minimum absolute atomic E-state index is 0.0572. The summed E-state index contributed by atoms with van der Waals surface area (Å²) in [6, 6.07) is 19.2. The molecule has 1 fully saturated rings. The molecule has 41 heavy (non-hydrogen) atoms. The van der Waals surface area contributed by atoms with Crippen molar-refractivity contribution in [2.24, 2.45) is 0 Å². The molecular formula is C31H31N5O4S. The van der Waals surface area contributed by atoms with Crippen molar-refractivity contribution in [3.8, 4) is 0 Å². The number of likely N-dealkylation sites (N-methyl/N-ethyl adjacent to an activating group) is 1. The number of amides is 2. The highest BCUT2D eigenvalue weighted by atomic mass is 32.2. The van der Waals surface area contributed by atoms with Gasteiger partial charge >= 0.3 is 0 Å². The highest BCUT2D eigenvalue weighted by Gasteiger charge is 2.38. The SMILES string of the molecule is CN1Cc2cc(ccc2S(=O)(=O)C2CC2)NC(=O)CCc2cccc(c2)[C@@H](Nc2ccc3c(N)nccc3c2)C1=O. The average Bonchev–Trinajstić information content (AvgIpc) is 3.81. The maximum atomic E-state index is 14.1. The fraction of sp³-hybridized carbons (Fsp3) is 0.258. The zero-order chi connectivity index (χ0) is 28.7. The van der Waals surface area contributed by atoms with Crippen LogP contribution in [0, 0.1) is 0 Å². The van der Waals surface area contributed by atoms with Crippen molar-refractivity contribution in [2.75, 3.05) is 23.4 Å². The number of carbonyl (C=O) groups is 2. The van der Waals surface area contributed by atoms with E-state index < -0.39 is 21.1 Å². The van der Waals surface area contributed by atoms with Crippen LogP contribution in [0.2, 0.25) is 0 Å². The van der Waals surface area contributed by atoms with E-state index in [1.54, 1.807) is 31.4 Å². The number of pyridine rings is 1. The Balaban J connectivity index is 1.41. The smallest absolute Gasteiger partial charge is 0.249 e. The Kier molecular flexibility index (Phi) is 6.86. The third-order valence-corrected chi connectivity index (χ3v) is 10.0. The molecule has 1 aromatic heterocycles. The molecule has 0 unspecified atom stereocenters. The van der Waals surface area contributed by atoms with Gasteiger partial charge in [-0.1, -0.05) is 24.3 Å². The van der Waals surface area contributed by atoms with Crippen LogP contribution in [0.4, 0.5) is 17.2 Å².